The van der Waals surface area contributed by atoms with Crippen LogP contribution in [0.5, 0.6) is 5.75 Å². The van der Waals surface area contributed by atoms with E-state index in [9.17, 15) is 4.79 Å². The van der Waals surface area contributed by atoms with Crippen LogP contribution in [-0.2, 0) is 11.3 Å². The molecule has 124 valence electrons. The SMILES string of the molecule is CCOC(=O)c1ccc(Cn2ccnc2-c2ccccc2OC)o1. The molecule has 0 radical (unpaired) electrons. The third-order valence-electron chi connectivity index (χ3n) is 3.53. The lowest BCUT2D eigenvalue weighted by Crippen LogP contribution is -2.03. The van der Waals surface area contributed by atoms with Crippen molar-refractivity contribution in [1.29, 1.82) is 0 Å². The summed E-state index contributed by atoms with van der Waals surface area (Å²) in [6, 6.07) is 11.1. The first-order valence-electron chi connectivity index (χ1n) is 7.63. The van der Waals surface area contributed by atoms with E-state index in [1.54, 1.807) is 32.4 Å². The molecule has 6 heteroatoms. The van der Waals surface area contributed by atoms with Gasteiger partial charge in [-0.25, -0.2) is 9.78 Å². The molecule has 0 aliphatic heterocycles. The molecule has 0 N–H and O–H groups in total. The lowest BCUT2D eigenvalue weighted by molar-refractivity contribution is 0.0488. The van der Waals surface area contributed by atoms with Crippen LogP contribution in [0.1, 0.15) is 23.2 Å². The maximum absolute atomic E-state index is 11.7. The molecule has 3 rings (SSSR count). The van der Waals surface area contributed by atoms with Crippen LogP contribution < -0.4 is 4.74 Å². The molecule has 0 atom stereocenters. The maximum atomic E-state index is 11.7. The van der Waals surface area contributed by atoms with E-state index >= 15 is 0 Å². The summed E-state index contributed by atoms with van der Waals surface area (Å²) in [6.45, 7) is 2.52. The Kier molecular flexibility index (Phi) is 4.65. The summed E-state index contributed by atoms with van der Waals surface area (Å²) in [5.41, 5.74) is 0.891. The Hall–Kier alpha value is -3.02. The highest BCUT2D eigenvalue weighted by Gasteiger charge is 2.15. The second-order valence-electron chi connectivity index (χ2n) is 5.07. The van der Waals surface area contributed by atoms with Crippen molar-refractivity contribution in [2.24, 2.45) is 0 Å². The summed E-state index contributed by atoms with van der Waals surface area (Å²) < 4.78 is 17.8. The highest BCUT2D eigenvalue weighted by atomic mass is 16.5. The van der Waals surface area contributed by atoms with Crippen LogP contribution in [0, 0.1) is 0 Å². The molecule has 0 saturated heterocycles. The summed E-state index contributed by atoms with van der Waals surface area (Å²) in [6.07, 6.45) is 3.57. The van der Waals surface area contributed by atoms with Gasteiger partial charge in [-0.3, -0.25) is 0 Å². The summed E-state index contributed by atoms with van der Waals surface area (Å²) >= 11 is 0. The minimum absolute atomic E-state index is 0.200. The van der Waals surface area contributed by atoms with Gasteiger partial charge in [-0.2, -0.15) is 0 Å². The molecule has 3 aromatic rings. The lowest BCUT2D eigenvalue weighted by atomic mass is 10.2. The first-order valence-corrected chi connectivity index (χ1v) is 7.63. The number of furan rings is 1. The van der Waals surface area contributed by atoms with Crippen LogP contribution in [0.15, 0.2) is 53.2 Å². The zero-order chi connectivity index (χ0) is 16.9. The van der Waals surface area contributed by atoms with Crippen molar-refractivity contribution in [2.45, 2.75) is 13.5 Å². The topological polar surface area (TPSA) is 66.5 Å². The van der Waals surface area contributed by atoms with Crippen molar-refractivity contribution in [2.75, 3.05) is 13.7 Å². The normalized spacial score (nSPS) is 10.6. The van der Waals surface area contributed by atoms with Crippen molar-refractivity contribution < 1.29 is 18.7 Å². The molecule has 0 unspecified atom stereocenters. The largest absolute Gasteiger partial charge is 0.496 e. The van der Waals surface area contributed by atoms with Crippen molar-refractivity contribution >= 4 is 5.97 Å². The Bertz CT molecular complexity index is 835. The number of imidazole rings is 1. The number of para-hydroxylation sites is 1. The lowest BCUT2D eigenvalue weighted by Gasteiger charge is -2.10. The molecule has 24 heavy (non-hydrogen) atoms. The fourth-order valence-corrected chi connectivity index (χ4v) is 2.45. The molecule has 0 aliphatic rings. The van der Waals surface area contributed by atoms with Crippen LogP contribution in [0.2, 0.25) is 0 Å². The molecule has 0 bridgehead atoms. The second kappa shape index (κ2) is 7.04. The Morgan fingerprint density at radius 1 is 1.25 bits per heavy atom. The number of rotatable bonds is 6. The molecular formula is C18H18N2O4. The fraction of sp³-hybridized carbons (Fsp3) is 0.222. The van der Waals surface area contributed by atoms with Crippen molar-refractivity contribution in [3.05, 3.63) is 60.3 Å². The van der Waals surface area contributed by atoms with Gasteiger partial charge in [-0.15, -0.1) is 0 Å². The van der Waals surface area contributed by atoms with Gasteiger partial charge >= 0.3 is 5.97 Å². The Labute approximate surface area is 139 Å². The predicted octanol–water partition coefficient (Wildman–Crippen LogP) is 3.38. The highest BCUT2D eigenvalue weighted by molar-refractivity contribution is 5.86. The molecule has 0 amide bonds. The van der Waals surface area contributed by atoms with Crippen molar-refractivity contribution in [3.63, 3.8) is 0 Å². The average Bonchev–Trinajstić information content (AvgIpc) is 3.25. The van der Waals surface area contributed by atoms with Gasteiger partial charge in [0.15, 0.2) is 0 Å². The van der Waals surface area contributed by atoms with E-state index in [2.05, 4.69) is 4.98 Å². The van der Waals surface area contributed by atoms with Crippen LogP contribution in [-0.4, -0.2) is 29.2 Å². The van der Waals surface area contributed by atoms with E-state index in [0.717, 1.165) is 17.1 Å². The van der Waals surface area contributed by atoms with Gasteiger partial charge in [0.05, 0.1) is 25.8 Å². The average molecular weight is 326 g/mol. The van der Waals surface area contributed by atoms with Gasteiger partial charge in [-0.05, 0) is 31.2 Å². The summed E-state index contributed by atoms with van der Waals surface area (Å²) in [7, 11) is 1.63. The first-order chi connectivity index (χ1) is 11.7. The Morgan fingerprint density at radius 3 is 2.88 bits per heavy atom. The van der Waals surface area contributed by atoms with E-state index < -0.39 is 5.97 Å². The number of hydrogen-bond donors (Lipinski definition) is 0. The molecule has 1 aromatic carbocycles. The minimum atomic E-state index is -0.459. The second-order valence-corrected chi connectivity index (χ2v) is 5.07. The van der Waals surface area contributed by atoms with Gasteiger partial charge in [0.2, 0.25) is 5.76 Å². The monoisotopic (exact) mass is 326 g/mol. The molecule has 0 spiro atoms. The van der Waals surface area contributed by atoms with Crippen LogP contribution in [0.3, 0.4) is 0 Å². The van der Waals surface area contributed by atoms with E-state index in [1.807, 2.05) is 35.0 Å². The van der Waals surface area contributed by atoms with Gasteiger partial charge in [-0.1, -0.05) is 12.1 Å². The van der Waals surface area contributed by atoms with Crippen molar-refractivity contribution in [1.82, 2.24) is 9.55 Å². The number of carbonyl (C=O) groups excluding carboxylic acids is 1. The molecule has 0 aliphatic carbocycles. The van der Waals surface area contributed by atoms with E-state index in [-0.39, 0.29) is 5.76 Å². The van der Waals surface area contributed by atoms with Gasteiger partial charge in [0.25, 0.3) is 0 Å². The fourth-order valence-electron chi connectivity index (χ4n) is 2.45. The van der Waals surface area contributed by atoms with Gasteiger partial charge < -0.3 is 18.5 Å². The number of ether oxygens (including phenoxy) is 2. The van der Waals surface area contributed by atoms with E-state index in [1.165, 1.54) is 0 Å². The minimum Gasteiger partial charge on any atom is -0.496 e. The quantitative estimate of drug-likeness (QED) is 0.650. The smallest absolute Gasteiger partial charge is 0.374 e. The summed E-state index contributed by atoms with van der Waals surface area (Å²) in [5, 5.41) is 0. The first kappa shape index (κ1) is 15.9. The number of carbonyl (C=O) groups is 1. The molecule has 0 fully saturated rings. The molecule has 2 heterocycles. The molecule has 2 aromatic heterocycles. The summed E-state index contributed by atoms with van der Waals surface area (Å²) in [4.78, 5) is 16.1. The van der Waals surface area contributed by atoms with Gasteiger partial charge in [0.1, 0.15) is 17.3 Å². The van der Waals surface area contributed by atoms with E-state index in [0.29, 0.717) is 18.9 Å². The van der Waals surface area contributed by atoms with Crippen LogP contribution in [0.25, 0.3) is 11.4 Å². The number of benzene rings is 1. The zero-order valence-electron chi connectivity index (χ0n) is 13.6. The van der Waals surface area contributed by atoms with Gasteiger partial charge in [0, 0.05) is 12.4 Å². The number of hydrogen-bond acceptors (Lipinski definition) is 5. The number of methoxy groups -OCH3 is 1. The Balaban J connectivity index is 1.85. The number of aromatic nitrogens is 2. The van der Waals surface area contributed by atoms with E-state index in [4.69, 9.17) is 13.9 Å². The van der Waals surface area contributed by atoms with Crippen LogP contribution in [0.4, 0.5) is 0 Å². The highest BCUT2D eigenvalue weighted by Crippen LogP contribution is 2.28. The number of nitrogens with zero attached hydrogens (tertiary/aromatic N) is 2. The third-order valence-corrected chi connectivity index (χ3v) is 3.53. The zero-order valence-corrected chi connectivity index (χ0v) is 13.6. The molecular weight excluding hydrogens is 308 g/mol. The molecule has 6 nitrogen and oxygen atoms in total. The number of esters is 1. The van der Waals surface area contributed by atoms with Crippen LogP contribution >= 0.6 is 0 Å². The standard InChI is InChI=1S/C18H18N2O4/c1-3-23-18(21)16-9-8-13(24-16)12-20-11-10-19-17(20)14-6-4-5-7-15(14)22-2/h4-11H,3,12H2,1-2H3. The predicted molar refractivity (Wildman–Crippen MR) is 88.0 cm³/mol. The molecule has 0 saturated carbocycles. The van der Waals surface area contributed by atoms with Crippen molar-refractivity contribution in [3.8, 4) is 17.1 Å². The maximum Gasteiger partial charge on any atom is 0.374 e. The Morgan fingerprint density at radius 2 is 2.08 bits per heavy atom. The third kappa shape index (κ3) is 3.17. The summed E-state index contributed by atoms with van der Waals surface area (Å²) in [5.74, 6) is 1.90.